The highest BCUT2D eigenvalue weighted by Gasteiger charge is 2.13. The molecule has 21 heavy (non-hydrogen) atoms. The molecular formula is C14H10Br2N2O3. The number of alkyl halides is 1. The summed E-state index contributed by atoms with van der Waals surface area (Å²) in [4.78, 5) is 22.4. The largest absolute Gasteiger partial charge is 0.321 e. The van der Waals surface area contributed by atoms with Crippen LogP contribution in [0.4, 0.5) is 11.4 Å². The number of halogens is 2. The standard InChI is InChI=1S/C14H10Br2N2O3/c15-8-9-1-3-10(4-2-9)14(19)17-13-7-11(18(20)21)5-6-12(13)16/h1-7H,8H2,(H,17,19). The number of hydrogen-bond acceptors (Lipinski definition) is 3. The number of carbonyl (C=O) groups excluding carboxylic acids is 1. The number of benzene rings is 2. The Bertz CT molecular complexity index is 687. The summed E-state index contributed by atoms with van der Waals surface area (Å²) >= 11 is 6.59. The molecular weight excluding hydrogens is 404 g/mol. The zero-order chi connectivity index (χ0) is 15.4. The fourth-order valence-electron chi connectivity index (χ4n) is 1.66. The average Bonchev–Trinajstić information content (AvgIpc) is 2.49. The summed E-state index contributed by atoms with van der Waals surface area (Å²) in [5.41, 5.74) is 1.82. The van der Waals surface area contributed by atoms with Crippen molar-refractivity contribution >= 4 is 49.1 Å². The summed E-state index contributed by atoms with van der Waals surface area (Å²) in [6, 6.07) is 11.3. The molecule has 0 saturated carbocycles. The molecule has 1 N–H and O–H groups in total. The summed E-state index contributed by atoms with van der Waals surface area (Å²) in [6.07, 6.45) is 0. The summed E-state index contributed by atoms with van der Waals surface area (Å²) in [5.74, 6) is -0.322. The van der Waals surface area contributed by atoms with Gasteiger partial charge in [-0.25, -0.2) is 0 Å². The van der Waals surface area contributed by atoms with E-state index in [1.807, 2.05) is 12.1 Å². The van der Waals surface area contributed by atoms with E-state index in [9.17, 15) is 14.9 Å². The molecule has 1 amide bonds. The van der Waals surface area contributed by atoms with Crippen molar-refractivity contribution in [1.29, 1.82) is 0 Å². The van der Waals surface area contributed by atoms with E-state index in [0.717, 1.165) is 5.56 Å². The average molecular weight is 414 g/mol. The SMILES string of the molecule is O=C(Nc1cc([N+](=O)[O-])ccc1Br)c1ccc(CBr)cc1. The van der Waals surface area contributed by atoms with Crippen molar-refractivity contribution in [1.82, 2.24) is 0 Å². The lowest BCUT2D eigenvalue weighted by atomic mass is 10.1. The first-order valence-corrected chi connectivity index (χ1v) is 7.83. The van der Waals surface area contributed by atoms with Crippen LogP contribution < -0.4 is 5.32 Å². The maximum Gasteiger partial charge on any atom is 0.271 e. The second kappa shape index (κ2) is 6.82. The van der Waals surface area contributed by atoms with Gasteiger partial charge in [-0.15, -0.1) is 0 Å². The highest BCUT2D eigenvalue weighted by atomic mass is 79.9. The van der Waals surface area contributed by atoms with Crippen LogP contribution in [0.5, 0.6) is 0 Å². The van der Waals surface area contributed by atoms with Crippen LogP contribution in [0, 0.1) is 10.1 Å². The molecule has 0 heterocycles. The van der Waals surface area contributed by atoms with E-state index in [0.29, 0.717) is 21.1 Å². The monoisotopic (exact) mass is 412 g/mol. The Morgan fingerprint density at radius 1 is 1.19 bits per heavy atom. The number of anilines is 1. The number of non-ortho nitro benzene ring substituents is 1. The third kappa shape index (κ3) is 3.89. The minimum atomic E-state index is -0.507. The van der Waals surface area contributed by atoms with Gasteiger partial charge in [0, 0.05) is 27.5 Å². The van der Waals surface area contributed by atoms with Gasteiger partial charge in [0.15, 0.2) is 0 Å². The van der Waals surface area contributed by atoms with Gasteiger partial charge < -0.3 is 5.32 Å². The van der Waals surface area contributed by atoms with Crippen molar-refractivity contribution in [3.05, 3.63) is 68.2 Å². The minimum Gasteiger partial charge on any atom is -0.321 e. The van der Waals surface area contributed by atoms with Crippen molar-refractivity contribution in [3.8, 4) is 0 Å². The van der Waals surface area contributed by atoms with E-state index in [4.69, 9.17) is 0 Å². The zero-order valence-corrected chi connectivity index (χ0v) is 13.8. The summed E-state index contributed by atoms with van der Waals surface area (Å²) in [6.45, 7) is 0. The quantitative estimate of drug-likeness (QED) is 0.455. The van der Waals surface area contributed by atoms with E-state index in [1.54, 1.807) is 12.1 Å². The molecule has 0 fully saturated rings. The van der Waals surface area contributed by atoms with Crippen LogP contribution in [-0.4, -0.2) is 10.8 Å². The number of nitro groups is 1. The fourth-order valence-corrected chi connectivity index (χ4v) is 2.38. The van der Waals surface area contributed by atoms with Crippen molar-refractivity contribution in [2.24, 2.45) is 0 Å². The van der Waals surface area contributed by atoms with Crippen LogP contribution in [0.2, 0.25) is 0 Å². The molecule has 2 rings (SSSR count). The van der Waals surface area contributed by atoms with Gasteiger partial charge in [-0.3, -0.25) is 14.9 Å². The third-order valence-electron chi connectivity index (χ3n) is 2.78. The second-order valence-corrected chi connectivity index (χ2v) is 5.62. The Labute approximate surface area is 137 Å². The van der Waals surface area contributed by atoms with Gasteiger partial charge in [0.1, 0.15) is 0 Å². The molecule has 0 bridgehead atoms. The Kier molecular flexibility index (Phi) is 5.08. The lowest BCUT2D eigenvalue weighted by Gasteiger charge is -2.07. The molecule has 2 aromatic rings. The minimum absolute atomic E-state index is 0.0804. The number of carbonyl (C=O) groups is 1. The molecule has 108 valence electrons. The topological polar surface area (TPSA) is 72.2 Å². The van der Waals surface area contributed by atoms with Crippen molar-refractivity contribution < 1.29 is 9.72 Å². The zero-order valence-electron chi connectivity index (χ0n) is 10.7. The van der Waals surface area contributed by atoms with E-state index in [-0.39, 0.29) is 11.6 Å². The number of nitrogens with zero attached hydrogens (tertiary/aromatic N) is 1. The van der Waals surface area contributed by atoms with E-state index < -0.39 is 4.92 Å². The van der Waals surface area contributed by atoms with Gasteiger partial charge in [-0.1, -0.05) is 28.1 Å². The Hall–Kier alpha value is -1.73. The van der Waals surface area contributed by atoms with Crippen LogP contribution in [0.15, 0.2) is 46.9 Å². The van der Waals surface area contributed by atoms with Gasteiger partial charge in [0.25, 0.3) is 11.6 Å². The maximum atomic E-state index is 12.1. The molecule has 0 aliphatic heterocycles. The van der Waals surface area contributed by atoms with Crippen molar-refractivity contribution in [2.45, 2.75) is 5.33 Å². The van der Waals surface area contributed by atoms with E-state index in [1.165, 1.54) is 18.2 Å². The molecule has 7 heteroatoms. The van der Waals surface area contributed by atoms with Crippen molar-refractivity contribution in [3.63, 3.8) is 0 Å². The van der Waals surface area contributed by atoms with Gasteiger partial charge in [-0.2, -0.15) is 0 Å². The van der Waals surface area contributed by atoms with Gasteiger partial charge >= 0.3 is 0 Å². The van der Waals surface area contributed by atoms with Crippen LogP contribution in [0.25, 0.3) is 0 Å². The summed E-state index contributed by atoms with van der Waals surface area (Å²) in [7, 11) is 0. The molecule has 0 unspecified atom stereocenters. The van der Waals surface area contributed by atoms with E-state index >= 15 is 0 Å². The highest BCUT2D eigenvalue weighted by molar-refractivity contribution is 9.10. The number of nitrogens with one attached hydrogen (secondary N) is 1. The molecule has 2 aromatic carbocycles. The fraction of sp³-hybridized carbons (Fsp3) is 0.0714. The van der Waals surface area contributed by atoms with E-state index in [2.05, 4.69) is 37.2 Å². The number of amides is 1. The highest BCUT2D eigenvalue weighted by Crippen LogP contribution is 2.27. The van der Waals surface area contributed by atoms with Crippen LogP contribution >= 0.6 is 31.9 Å². The van der Waals surface area contributed by atoms with Crippen molar-refractivity contribution in [2.75, 3.05) is 5.32 Å². The molecule has 0 aromatic heterocycles. The predicted octanol–water partition coefficient (Wildman–Crippen LogP) is 4.50. The van der Waals surface area contributed by atoms with Crippen LogP contribution in [0.1, 0.15) is 15.9 Å². The lowest BCUT2D eigenvalue weighted by molar-refractivity contribution is -0.384. The van der Waals surface area contributed by atoms with Crippen LogP contribution in [0.3, 0.4) is 0 Å². The lowest BCUT2D eigenvalue weighted by Crippen LogP contribution is -2.12. The normalized spacial score (nSPS) is 10.2. The predicted molar refractivity (Wildman–Crippen MR) is 87.8 cm³/mol. The summed E-state index contributed by atoms with van der Waals surface area (Å²) < 4.78 is 0.582. The number of hydrogen-bond donors (Lipinski definition) is 1. The van der Waals surface area contributed by atoms with Crippen LogP contribution in [-0.2, 0) is 5.33 Å². The Morgan fingerprint density at radius 2 is 1.86 bits per heavy atom. The summed E-state index contributed by atoms with van der Waals surface area (Å²) in [5, 5.41) is 14.1. The molecule has 5 nitrogen and oxygen atoms in total. The first-order valence-electron chi connectivity index (χ1n) is 5.91. The Morgan fingerprint density at radius 3 is 2.43 bits per heavy atom. The first kappa shape index (κ1) is 15.7. The number of nitro benzene ring substituents is 1. The third-order valence-corrected chi connectivity index (χ3v) is 4.12. The number of rotatable bonds is 4. The molecule has 0 atom stereocenters. The Balaban J connectivity index is 2.22. The van der Waals surface area contributed by atoms with Gasteiger partial charge in [0.05, 0.1) is 10.6 Å². The molecule has 0 radical (unpaired) electrons. The van der Waals surface area contributed by atoms with Gasteiger partial charge in [0.2, 0.25) is 0 Å². The molecule has 0 aliphatic carbocycles. The molecule has 0 saturated heterocycles. The van der Waals surface area contributed by atoms with Gasteiger partial charge in [-0.05, 0) is 39.7 Å². The first-order chi connectivity index (χ1) is 10.0. The molecule has 0 aliphatic rings. The second-order valence-electron chi connectivity index (χ2n) is 4.21. The smallest absolute Gasteiger partial charge is 0.271 e. The maximum absolute atomic E-state index is 12.1. The molecule has 0 spiro atoms.